The summed E-state index contributed by atoms with van der Waals surface area (Å²) in [7, 11) is 5.77. The highest BCUT2D eigenvalue weighted by atomic mass is 16.3. The lowest BCUT2D eigenvalue weighted by Crippen LogP contribution is -2.44. The Bertz CT molecular complexity index is 668. The van der Waals surface area contributed by atoms with E-state index in [0.717, 1.165) is 5.46 Å². The van der Waals surface area contributed by atoms with Gasteiger partial charge in [0.2, 0.25) is 0 Å². The first kappa shape index (κ1) is 19.7. The number of hydrogen-bond acceptors (Lipinski definition) is 3. The van der Waals surface area contributed by atoms with Gasteiger partial charge >= 0.3 is 0 Å². The number of benzene rings is 1. The largest absolute Gasteiger partial charge is 0.387 e. The number of nitrogens with zero attached hydrogens (tertiary/aromatic N) is 2. The number of aliphatic hydroxyl groups is 2. The summed E-state index contributed by atoms with van der Waals surface area (Å²) in [5.41, 5.74) is 0.366. The second-order valence-corrected chi connectivity index (χ2v) is 8.34. The topological polar surface area (TPSA) is 58.3 Å². The van der Waals surface area contributed by atoms with Crippen LogP contribution in [0, 0.1) is 5.41 Å². The Balaban J connectivity index is 0.000000242. The van der Waals surface area contributed by atoms with Crippen LogP contribution >= 0.6 is 0 Å². The molecule has 1 aliphatic rings. The Labute approximate surface area is 152 Å². The lowest BCUT2D eigenvalue weighted by atomic mass is 9.90. The lowest BCUT2D eigenvalue weighted by molar-refractivity contribution is -0.107. The quantitative estimate of drug-likeness (QED) is 0.841. The highest BCUT2D eigenvalue weighted by molar-refractivity contribution is 6.31. The van der Waals surface area contributed by atoms with Gasteiger partial charge in [0.25, 0.3) is 0 Å². The van der Waals surface area contributed by atoms with Crippen LogP contribution in [0.5, 0.6) is 0 Å². The van der Waals surface area contributed by atoms with E-state index in [2.05, 4.69) is 36.3 Å². The monoisotopic (exact) mass is 340 g/mol. The molecule has 1 aromatic heterocycles. The predicted octanol–water partition coefficient (Wildman–Crippen LogP) is 2.59. The van der Waals surface area contributed by atoms with E-state index in [9.17, 15) is 0 Å². The average molecular weight is 340 g/mol. The standard InChI is InChI=1S/C14H15BN2.C6H14O2/c1-14(7-8-14)13(11-5-3-2-4-6-11)17-10-12(15)9-16-17;1-5(2,7)6(3,4)8/h2-6,9-10,13H,7-8H2,1H3;7-8H,1-4H3. The molecule has 134 valence electrons. The van der Waals surface area contributed by atoms with Crippen LogP contribution in [0.1, 0.15) is 59.1 Å². The summed E-state index contributed by atoms with van der Waals surface area (Å²) in [6, 6.07) is 10.9. The van der Waals surface area contributed by atoms with E-state index in [0.29, 0.717) is 11.5 Å². The average Bonchev–Trinajstić information content (AvgIpc) is 3.08. The lowest BCUT2D eigenvalue weighted by Gasteiger charge is -2.31. The Kier molecular flexibility index (Phi) is 5.50. The molecule has 25 heavy (non-hydrogen) atoms. The molecule has 2 aromatic rings. The molecule has 5 heteroatoms. The maximum absolute atomic E-state index is 9.10. The first-order valence-electron chi connectivity index (χ1n) is 8.73. The first-order chi connectivity index (χ1) is 11.4. The van der Waals surface area contributed by atoms with Gasteiger partial charge < -0.3 is 10.2 Å². The van der Waals surface area contributed by atoms with Gasteiger partial charge in [-0.2, -0.15) is 5.10 Å². The minimum atomic E-state index is -1.01. The second kappa shape index (κ2) is 6.97. The van der Waals surface area contributed by atoms with E-state index < -0.39 is 11.2 Å². The van der Waals surface area contributed by atoms with Crippen LogP contribution in [0.2, 0.25) is 0 Å². The minimum Gasteiger partial charge on any atom is -0.387 e. The second-order valence-electron chi connectivity index (χ2n) is 8.34. The molecule has 1 aromatic carbocycles. The summed E-state index contributed by atoms with van der Waals surface area (Å²) in [6.07, 6.45) is 6.17. The number of hydrogen-bond donors (Lipinski definition) is 2. The van der Waals surface area contributed by atoms with Crippen molar-refractivity contribution in [3.8, 4) is 0 Å². The third-order valence-corrected chi connectivity index (χ3v) is 5.20. The highest BCUT2D eigenvalue weighted by Gasteiger charge is 2.46. The fourth-order valence-corrected chi connectivity index (χ4v) is 2.47. The zero-order valence-corrected chi connectivity index (χ0v) is 15.9. The maximum Gasteiger partial charge on any atom is 0.118 e. The van der Waals surface area contributed by atoms with Crippen molar-refractivity contribution in [3.63, 3.8) is 0 Å². The van der Waals surface area contributed by atoms with E-state index in [-0.39, 0.29) is 0 Å². The molecule has 0 saturated heterocycles. The van der Waals surface area contributed by atoms with Gasteiger partial charge in [-0.25, -0.2) is 0 Å². The van der Waals surface area contributed by atoms with Gasteiger partial charge in [-0.15, -0.1) is 0 Å². The fourth-order valence-electron chi connectivity index (χ4n) is 2.47. The maximum atomic E-state index is 9.10. The Hall–Kier alpha value is -1.59. The van der Waals surface area contributed by atoms with Crippen LogP contribution in [0.4, 0.5) is 0 Å². The molecular weight excluding hydrogens is 311 g/mol. The predicted molar refractivity (Wildman–Crippen MR) is 102 cm³/mol. The molecular formula is C20H29BN2O2. The zero-order chi connectivity index (χ0) is 18.9. The molecule has 3 rings (SSSR count). The SMILES string of the molecule is CC(C)(O)C(C)(C)O.[B]c1cnn(C(c2ccccc2)C2(C)CC2)c1. The van der Waals surface area contributed by atoms with Gasteiger partial charge in [-0.3, -0.25) is 4.68 Å². The van der Waals surface area contributed by atoms with Crippen LogP contribution in [0.25, 0.3) is 0 Å². The van der Waals surface area contributed by atoms with E-state index in [4.69, 9.17) is 18.1 Å². The molecule has 1 unspecified atom stereocenters. The zero-order valence-electron chi connectivity index (χ0n) is 15.9. The molecule has 0 spiro atoms. The number of rotatable bonds is 4. The van der Waals surface area contributed by atoms with E-state index in [1.165, 1.54) is 18.4 Å². The van der Waals surface area contributed by atoms with E-state index >= 15 is 0 Å². The molecule has 1 aliphatic carbocycles. The van der Waals surface area contributed by atoms with Gasteiger partial charge in [0.1, 0.15) is 7.85 Å². The summed E-state index contributed by atoms with van der Waals surface area (Å²) in [5, 5.41) is 22.6. The van der Waals surface area contributed by atoms with Crippen molar-refractivity contribution >= 4 is 13.3 Å². The molecule has 1 saturated carbocycles. The van der Waals surface area contributed by atoms with Crippen molar-refractivity contribution in [1.82, 2.24) is 9.78 Å². The molecule has 1 heterocycles. The summed E-state index contributed by atoms with van der Waals surface area (Å²) < 4.78 is 2.01. The molecule has 0 bridgehead atoms. The third kappa shape index (κ3) is 4.96. The summed E-state index contributed by atoms with van der Waals surface area (Å²) in [5.74, 6) is 0. The summed E-state index contributed by atoms with van der Waals surface area (Å²) >= 11 is 0. The molecule has 1 atom stereocenters. The van der Waals surface area contributed by atoms with Gasteiger partial charge in [0.05, 0.1) is 17.2 Å². The molecule has 2 N–H and O–H groups in total. The van der Waals surface area contributed by atoms with E-state index in [1.807, 2.05) is 16.9 Å². The van der Waals surface area contributed by atoms with Crippen molar-refractivity contribution in [2.45, 2.75) is 64.7 Å². The Morgan fingerprint density at radius 3 is 1.96 bits per heavy atom. The van der Waals surface area contributed by atoms with Crippen LogP contribution in [0.15, 0.2) is 42.7 Å². The van der Waals surface area contributed by atoms with Crippen molar-refractivity contribution in [3.05, 3.63) is 48.3 Å². The van der Waals surface area contributed by atoms with E-state index in [1.54, 1.807) is 33.9 Å². The van der Waals surface area contributed by atoms with Crippen molar-refractivity contribution < 1.29 is 10.2 Å². The van der Waals surface area contributed by atoms with Crippen molar-refractivity contribution in [2.24, 2.45) is 5.41 Å². The van der Waals surface area contributed by atoms with Crippen molar-refractivity contribution in [2.75, 3.05) is 0 Å². The van der Waals surface area contributed by atoms with Crippen molar-refractivity contribution in [1.29, 1.82) is 0 Å². The number of aromatic nitrogens is 2. The van der Waals surface area contributed by atoms with Gasteiger partial charge in [-0.1, -0.05) is 42.7 Å². The molecule has 0 amide bonds. The normalized spacial score (nSPS) is 17.4. The van der Waals surface area contributed by atoms with Gasteiger partial charge in [0.15, 0.2) is 0 Å². The minimum absolute atomic E-state index is 0.306. The Morgan fingerprint density at radius 1 is 1.08 bits per heavy atom. The first-order valence-corrected chi connectivity index (χ1v) is 8.73. The smallest absolute Gasteiger partial charge is 0.118 e. The summed E-state index contributed by atoms with van der Waals surface area (Å²) in [6.45, 7) is 8.63. The summed E-state index contributed by atoms with van der Waals surface area (Å²) in [4.78, 5) is 0. The highest BCUT2D eigenvalue weighted by Crippen LogP contribution is 2.55. The van der Waals surface area contributed by atoms with Crippen LogP contribution < -0.4 is 5.46 Å². The molecule has 4 nitrogen and oxygen atoms in total. The van der Waals surface area contributed by atoms with Gasteiger partial charge in [0, 0.05) is 12.4 Å². The Morgan fingerprint density at radius 2 is 1.60 bits per heavy atom. The molecule has 1 fully saturated rings. The van der Waals surface area contributed by atoms with Crippen LogP contribution in [0.3, 0.4) is 0 Å². The van der Waals surface area contributed by atoms with Gasteiger partial charge in [-0.05, 0) is 51.5 Å². The molecule has 0 aliphatic heterocycles. The fraction of sp³-hybridized carbons (Fsp3) is 0.550. The third-order valence-electron chi connectivity index (χ3n) is 5.20. The van der Waals surface area contributed by atoms with Crippen LogP contribution in [-0.4, -0.2) is 39.0 Å². The molecule has 2 radical (unpaired) electrons. The van der Waals surface area contributed by atoms with Crippen LogP contribution in [-0.2, 0) is 0 Å².